The lowest BCUT2D eigenvalue weighted by Gasteiger charge is -2.27. The van der Waals surface area contributed by atoms with Crippen molar-refractivity contribution in [2.24, 2.45) is 0 Å². The van der Waals surface area contributed by atoms with Crippen LogP contribution in [0.4, 0.5) is 34.6 Å². The van der Waals surface area contributed by atoms with Crippen molar-refractivity contribution < 1.29 is 17.6 Å². The van der Waals surface area contributed by atoms with Crippen molar-refractivity contribution in [3.8, 4) is 0 Å². The highest BCUT2D eigenvalue weighted by Crippen LogP contribution is 2.40. The molecule has 0 N–H and O–H groups in total. The number of nitrogens with zero attached hydrogens (tertiary/aromatic N) is 1. The maximum absolute atomic E-state index is 14.7. The van der Waals surface area contributed by atoms with Crippen LogP contribution < -0.4 is 4.90 Å². The molecule has 0 atom stereocenters. The van der Waals surface area contributed by atoms with Gasteiger partial charge in [-0.2, -0.15) is 0 Å². The average Bonchev–Trinajstić information content (AvgIpc) is 2.59. The Kier molecular flexibility index (Phi) is 4.72. The zero-order valence-corrected chi connectivity index (χ0v) is 14.6. The van der Waals surface area contributed by atoms with Gasteiger partial charge in [-0.3, -0.25) is 0 Å². The van der Waals surface area contributed by atoms with E-state index >= 15 is 0 Å². The summed E-state index contributed by atoms with van der Waals surface area (Å²) >= 11 is 0. The van der Waals surface area contributed by atoms with E-state index in [1.807, 2.05) is 6.92 Å². The number of halogens is 4. The van der Waals surface area contributed by atoms with Crippen molar-refractivity contribution in [1.29, 1.82) is 0 Å². The molecule has 0 aliphatic heterocycles. The average molecular weight is 359 g/mol. The molecule has 0 aliphatic rings. The third-order valence-corrected chi connectivity index (χ3v) is 4.18. The molecule has 3 aromatic rings. The molecule has 0 saturated carbocycles. The summed E-state index contributed by atoms with van der Waals surface area (Å²) in [5.41, 5.74) is 1.02. The highest BCUT2D eigenvalue weighted by Gasteiger charge is 2.26. The molecule has 134 valence electrons. The van der Waals surface area contributed by atoms with Gasteiger partial charge in [0.2, 0.25) is 0 Å². The van der Waals surface area contributed by atoms with Gasteiger partial charge in [0.25, 0.3) is 0 Å². The zero-order valence-electron chi connectivity index (χ0n) is 14.6. The van der Waals surface area contributed by atoms with E-state index in [2.05, 4.69) is 0 Å². The van der Waals surface area contributed by atoms with E-state index in [0.29, 0.717) is 11.3 Å². The standard InChI is InChI=1S/C21H17F4N/c1-12-4-7-15(8-5-12)26(18-9-6-13(2)10-16(18)22)21-17(23)11-14(3)19(24)20(21)25/h4-11H,1-3H3. The summed E-state index contributed by atoms with van der Waals surface area (Å²) in [7, 11) is 0. The normalized spacial score (nSPS) is 10.9. The molecule has 26 heavy (non-hydrogen) atoms. The highest BCUT2D eigenvalue weighted by atomic mass is 19.2. The number of hydrogen-bond acceptors (Lipinski definition) is 1. The molecular formula is C21H17F4N. The van der Waals surface area contributed by atoms with E-state index in [-0.39, 0.29) is 11.3 Å². The summed E-state index contributed by atoms with van der Waals surface area (Å²) < 4.78 is 58.0. The molecule has 5 heteroatoms. The Morgan fingerprint density at radius 3 is 1.88 bits per heavy atom. The van der Waals surface area contributed by atoms with Crippen molar-refractivity contribution in [3.63, 3.8) is 0 Å². The molecule has 3 aromatic carbocycles. The summed E-state index contributed by atoms with van der Waals surface area (Å²) in [5, 5.41) is 0. The van der Waals surface area contributed by atoms with Crippen LogP contribution in [-0.2, 0) is 0 Å². The molecule has 0 aliphatic carbocycles. The van der Waals surface area contributed by atoms with Crippen LogP contribution >= 0.6 is 0 Å². The third-order valence-electron chi connectivity index (χ3n) is 4.18. The molecular weight excluding hydrogens is 342 g/mol. The van der Waals surface area contributed by atoms with Crippen LogP contribution in [0.25, 0.3) is 0 Å². The van der Waals surface area contributed by atoms with Crippen LogP contribution in [0.15, 0.2) is 48.5 Å². The monoisotopic (exact) mass is 359 g/mol. The van der Waals surface area contributed by atoms with Gasteiger partial charge in [-0.1, -0.05) is 23.8 Å². The Hall–Kier alpha value is -2.82. The molecule has 3 rings (SSSR count). The first-order valence-corrected chi connectivity index (χ1v) is 8.06. The fourth-order valence-corrected chi connectivity index (χ4v) is 2.78. The molecule has 0 amide bonds. The summed E-state index contributed by atoms with van der Waals surface area (Å²) in [6.45, 7) is 4.83. The second-order valence-electron chi connectivity index (χ2n) is 6.28. The zero-order chi connectivity index (χ0) is 19.0. The van der Waals surface area contributed by atoms with E-state index < -0.39 is 29.0 Å². The minimum Gasteiger partial charge on any atom is -0.302 e. The lowest BCUT2D eigenvalue weighted by molar-refractivity contribution is 0.491. The predicted octanol–water partition coefficient (Wildman–Crippen LogP) is 6.64. The van der Waals surface area contributed by atoms with E-state index in [1.165, 1.54) is 19.1 Å². The molecule has 0 saturated heterocycles. The number of rotatable bonds is 3. The van der Waals surface area contributed by atoms with Crippen molar-refractivity contribution in [2.75, 3.05) is 4.90 Å². The van der Waals surface area contributed by atoms with Crippen molar-refractivity contribution in [2.45, 2.75) is 20.8 Å². The van der Waals surface area contributed by atoms with Crippen LogP contribution in [0.2, 0.25) is 0 Å². The first kappa shape index (κ1) is 18.0. The van der Waals surface area contributed by atoms with Crippen LogP contribution in [0.1, 0.15) is 16.7 Å². The number of benzene rings is 3. The summed E-state index contributed by atoms with van der Waals surface area (Å²) in [6.07, 6.45) is 0. The van der Waals surface area contributed by atoms with E-state index in [4.69, 9.17) is 0 Å². The molecule has 0 spiro atoms. The van der Waals surface area contributed by atoms with Gasteiger partial charge in [0.05, 0.1) is 5.69 Å². The minimum absolute atomic E-state index is 0.0690. The molecule has 0 bridgehead atoms. The van der Waals surface area contributed by atoms with Gasteiger partial charge in [0.1, 0.15) is 11.5 Å². The lowest BCUT2D eigenvalue weighted by atomic mass is 10.1. The third kappa shape index (κ3) is 3.17. The lowest BCUT2D eigenvalue weighted by Crippen LogP contribution is -2.16. The Morgan fingerprint density at radius 1 is 0.654 bits per heavy atom. The fourth-order valence-electron chi connectivity index (χ4n) is 2.78. The van der Waals surface area contributed by atoms with Gasteiger partial charge in [0.15, 0.2) is 17.5 Å². The topological polar surface area (TPSA) is 3.24 Å². The fraction of sp³-hybridized carbons (Fsp3) is 0.143. The molecule has 0 unspecified atom stereocenters. The maximum atomic E-state index is 14.7. The SMILES string of the molecule is Cc1ccc(N(c2ccc(C)cc2F)c2c(F)cc(C)c(F)c2F)cc1. The molecule has 0 radical (unpaired) electrons. The molecule has 0 heterocycles. The Labute approximate surface area is 149 Å². The van der Waals surface area contributed by atoms with Gasteiger partial charge >= 0.3 is 0 Å². The Balaban J connectivity index is 2.32. The van der Waals surface area contributed by atoms with E-state index in [0.717, 1.165) is 16.5 Å². The second kappa shape index (κ2) is 6.83. The molecule has 0 aromatic heterocycles. The summed E-state index contributed by atoms with van der Waals surface area (Å²) in [4.78, 5) is 1.06. The number of aryl methyl sites for hydroxylation is 3. The Bertz CT molecular complexity index is 965. The van der Waals surface area contributed by atoms with Gasteiger partial charge < -0.3 is 4.90 Å². The van der Waals surface area contributed by atoms with E-state index in [1.54, 1.807) is 37.3 Å². The number of hydrogen-bond donors (Lipinski definition) is 0. The maximum Gasteiger partial charge on any atom is 0.186 e. The minimum atomic E-state index is -1.36. The smallest absolute Gasteiger partial charge is 0.186 e. The first-order chi connectivity index (χ1) is 12.3. The van der Waals surface area contributed by atoms with Gasteiger partial charge in [-0.15, -0.1) is 0 Å². The predicted molar refractivity (Wildman–Crippen MR) is 95.2 cm³/mol. The van der Waals surface area contributed by atoms with Crippen LogP contribution in [0.5, 0.6) is 0 Å². The molecule has 1 nitrogen and oxygen atoms in total. The van der Waals surface area contributed by atoms with Gasteiger partial charge in [0, 0.05) is 5.69 Å². The summed E-state index contributed by atoms with van der Waals surface area (Å²) in [5.74, 6) is -4.15. The highest BCUT2D eigenvalue weighted by molar-refractivity contribution is 5.78. The summed E-state index contributed by atoms with van der Waals surface area (Å²) in [6, 6.07) is 11.9. The quantitative estimate of drug-likeness (QED) is 0.374. The van der Waals surface area contributed by atoms with E-state index in [9.17, 15) is 17.6 Å². The number of anilines is 3. The van der Waals surface area contributed by atoms with Crippen molar-refractivity contribution in [1.82, 2.24) is 0 Å². The van der Waals surface area contributed by atoms with Crippen molar-refractivity contribution in [3.05, 3.63) is 88.5 Å². The Morgan fingerprint density at radius 2 is 1.27 bits per heavy atom. The van der Waals surface area contributed by atoms with Gasteiger partial charge in [-0.05, 0) is 62.2 Å². The van der Waals surface area contributed by atoms with Gasteiger partial charge in [-0.25, -0.2) is 17.6 Å². The van der Waals surface area contributed by atoms with Crippen LogP contribution in [-0.4, -0.2) is 0 Å². The van der Waals surface area contributed by atoms with Crippen molar-refractivity contribution >= 4 is 17.1 Å². The first-order valence-electron chi connectivity index (χ1n) is 8.06. The van der Waals surface area contributed by atoms with Crippen LogP contribution in [0.3, 0.4) is 0 Å². The second-order valence-corrected chi connectivity index (χ2v) is 6.28. The van der Waals surface area contributed by atoms with Crippen LogP contribution in [0, 0.1) is 44.0 Å². The molecule has 0 fully saturated rings. The largest absolute Gasteiger partial charge is 0.302 e.